The lowest BCUT2D eigenvalue weighted by molar-refractivity contribution is 0.270. The molecule has 0 unspecified atom stereocenters. The molecule has 2 aromatic rings. The smallest absolute Gasteiger partial charge is 0.130 e. The summed E-state index contributed by atoms with van der Waals surface area (Å²) in [5.41, 5.74) is 9.86. The van der Waals surface area contributed by atoms with Gasteiger partial charge in [0.2, 0.25) is 0 Å². The molecule has 1 atom stereocenters. The molecule has 0 saturated heterocycles. The van der Waals surface area contributed by atoms with E-state index < -0.39 is 0 Å². The van der Waals surface area contributed by atoms with Crippen LogP contribution in [0.4, 0.5) is 0 Å². The molecule has 0 aliphatic carbocycles. The molecule has 1 aliphatic heterocycles. The topological polar surface area (TPSA) is 59.0 Å². The Morgan fingerprint density at radius 3 is 2.70 bits per heavy atom. The fraction of sp³-hybridized carbons (Fsp3) is 0.235. The van der Waals surface area contributed by atoms with Gasteiger partial charge in [-0.3, -0.25) is 0 Å². The van der Waals surface area contributed by atoms with Crippen molar-refractivity contribution < 1.29 is 4.74 Å². The fourth-order valence-corrected chi connectivity index (χ4v) is 2.69. The van der Waals surface area contributed by atoms with Crippen molar-refractivity contribution in [2.45, 2.75) is 12.3 Å². The molecular weight excluding hydrogens is 248 g/mol. The Bertz CT molecular complexity index is 656. The standard InChI is InChI=1S/C17H16N2O/c18-10-12-4-6-13(7-5-12)15-2-1-3-16-14(11-19)8-9-20-17(15)16/h1-7,14H,8-9,11,19H2/t14-/m1/s1. The highest BCUT2D eigenvalue weighted by molar-refractivity contribution is 5.73. The fourth-order valence-electron chi connectivity index (χ4n) is 2.69. The molecule has 0 bridgehead atoms. The second kappa shape index (κ2) is 5.36. The minimum Gasteiger partial charge on any atom is -0.493 e. The molecule has 0 saturated carbocycles. The van der Waals surface area contributed by atoms with Gasteiger partial charge in [-0.05, 0) is 36.2 Å². The molecule has 0 spiro atoms. The van der Waals surface area contributed by atoms with Crippen LogP contribution in [0.5, 0.6) is 5.75 Å². The largest absolute Gasteiger partial charge is 0.493 e. The van der Waals surface area contributed by atoms with Gasteiger partial charge in [0.1, 0.15) is 5.75 Å². The zero-order valence-corrected chi connectivity index (χ0v) is 11.2. The summed E-state index contributed by atoms with van der Waals surface area (Å²) < 4.78 is 5.88. The summed E-state index contributed by atoms with van der Waals surface area (Å²) in [6, 6.07) is 15.9. The van der Waals surface area contributed by atoms with Crippen LogP contribution in [0.15, 0.2) is 42.5 Å². The van der Waals surface area contributed by atoms with E-state index in [1.54, 1.807) is 0 Å². The predicted octanol–water partition coefficient (Wildman–Crippen LogP) is 3.05. The van der Waals surface area contributed by atoms with Gasteiger partial charge in [0.05, 0.1) is 18.2 Å². The maximum atomic E-state index is 8.87. The summed E-state index contributed by atoms with van der Waals surface area (Å²) in [5, 5.41) is 8.87. The van der Waals surface area contributed by atoms with Gasteiger partial charge in [-0.1, -0.05) is 30.3 Å². The molecule has 2 aromatic carbocycles. The van der Waals surface area contributed by atoms with Crippen LogP contribution in [0.1, 0.15) is 23.5 Å². The molecule has 1 aliphatic rings. The number of nitrogens with zero attached hydrogens (tertiary/aromatic N) is 1. The predicted molar refractivity (Wildman–Crippen MR) is 78.5 cm³/mol. The van der Waals surface area contributed by atoms with Gasteiger partial charge in [-0.25, -0.2) is 0 Å². The Hall–Kier alpha value is -2.31. The molecule has 3 rings (SSSR count). The highest BCUT2D eigenvalue weighted by Crippen LogP contribution is 2.40. The van der Waals surface area contributed by atoms with Gasteiger partial charge in [-0.2, -0.15) is 5.26 Å². The lowest BCUT2D eigenvalue weighted by Crippen LogP contribution is -2.21. The monoisotopic (exact) mass is 264 g/mol. The van der Waals surface area contributed by atoms with E-state index >= 15 is 0 Å². The van der Waals surface area contributed by atoms with Crippen LogP contribution < -0.4 is 10.5 Å². The first kappa shape index (κ1) is 12.7. The summed E-state index contributed by atoms with van der Waals surface area (Å²) in [5.74, 6) is 1.32. The molecule has 100 valence electrons. The Kier molecular flexibility index (Phi) is 3.41. The Labute approximate surface area is 118 Å². The normalized spacial score (nSPS) is 16.9. The minimum absolute atomic E-state index is 0.372. The molecule has 0 amide bonds. The molecule has 3 nitrogen and oxygen atoms in total. The van der Waals surface area contributed by atoms with Crippen molar-refractivity contribution in [1.29, 1.82) is 5.26 Å². The van der Waals surface area contributed by atoms with E-state index in [0.717, 1.165) is 23.3 Å². The van der Waals surface area contributed by atoms with E-state index in [2.05, 4.69) is 18.2 Å². The van der Waals surface area contributed by atoms with Crippen LogP contribution in [0.2, 0.25) is 0 Å². The quantitative estimate of drug-likeness (QED) is 0.907. The van der Waals surface area contributed by atoms with E-state index in [9.17, 15) is 0 Å². The molecule has 3 heteroatoms. The SMILES string of the molecule is N#Cc1ccc(-c2cccc3c2OCC[C@@H]3CN)cc1. The third-order valence-electron chi connectivity index (χ3n) is 3.81. The second-order valence-corrected chi connectivity index (χ2v) is 4.98. The first-order chi connectivity index (χ1) is 9.83. The van der Waals surface area contributed by atoms with Crippen LogP contribution in [0.25, 0.3) is 11.1 Å². The number of benzene rings is 2. The van der Waals surface area contributed by atoms with Crippen LogP contribution in [0.3, 0.4) is 0 Å². The van der Waals surface area contributed by atoms with Crippen molar-refractivity contribution in [2.75, 3.05) is 13.2 Å². The van der Waals surface area contributed by atoms with Gasteiger partial charge in [0.15, 0.2) is 0 Å². The number of nitriles is 1. The van der Waals surface area contributed by atoms with Gasteiger partial charge in [-0.15, -0.1) is 0 Å². The molecule has 0 radical (unpaired) electrons. The van der Waals surface area contributed by atoms with Crippen LogP contribution in [-0.4, -0.2) is 13.2 Å². The number of para-hydroxylation sites is 1. The van der Waals surface area contributed by atoms with Crippen LogP contribution in [-0.2, 0) is 0 Å². The molecule has 2 N–H and O–H groups in total. The third-order valence-corrected chi connectivity index (χ3v) is 3.81. The molecule has 1 heterocycles. The Morgan fingerprint density at radius 1 is 1.20 bits per heavy atom. The summed E-state index contributed by atoms with van der Waals surface area (Å²) in [4.78, 5) is 0. The average Bonchev–Trinajstić information content (AvgIpc) is 2.54. The van der Waals surface area contributed by atoms with Gasteiger partial charge >= 0.3 is 0 Å². The second-order valence-electron chi connectivity index (χ2n) is 4.98. The summed E-state index contributed by atoms with van der Waals surface area (Å²) in [6.45, 7) is 1.36. The lowest BCUT2D eigenvalue weighted by Gasteiger charge is -2.26. The van der Waals surface area contributed by atoms with Crippen molar-refractivity contribution in [2.24, 2.45) is 5.73 Å². The van der Waals surface area contributed by atoms with E-state index in [1.165, 1.54) is 5.56 Å². The van der Waals surface area contributed by atoms with Crippen molar-refractivity contribution in [1.82, 2.24) is 0 Å². The number of rotatable bonds is 2. The maximum Gasteiger partial charge on any atom is 0.130 e. The van der Waals surface area contributed by atoms with Crippen molar-refractivity contribution >= 4 is 0 Å². The summed E-state index contributed by atoms with van der Waals surface area (Å²) in [7, 11) is 0. The highest BCUT2D eigenvalue weighted by Gasteiger charge is 2.22. The number of hydrogen-bond donors (Lipinski definition) is 1. The Morgan fingerprint density at radius 2 is 2.00 bits per heavy atom. The van der Waals surface area contributed by atoms with Gasteiger partial charge in [0, 0.05) is 11.5 Å². The number of nitrogens with two attached hydrogens (primary N) is 1. The summed E-state index contributed by atoms with van der Waals surface area (Å²) in [6.07, 6.45) is 0.973. The number of hydrogen-bond acceptors (Lipinski definition) is 3. The third kappa shape index (κ3) is 2.15. The lowest BCUT2D eigenvalue weighted by atomic mass is 9.89. The van der Waals surface area contributed by atoms with E-state index in [1.807, 2.05) is 30.3 Å². The average molecular weight is 264 g/mol. The number of fused-ring (bicyclic) bond motifs is 1. The number of ether oxygens (including phenoxy) is 1. The van der Waals surface area contributed by atoms with E-state index in [4.69, 9.17) is 15.7 Å². The van der Waals surface area contributed by atoms with Gasteiger partial charge < -0.3 is 10.5 Å². The van der Waals surface area contributed by atoms with Crippen molar-refractivity contribution in [3.05, 3.63) is 53.6 Å². The Balaban J connectivity index is 2.08. The highest BCUT2D eigenvalue weighted by atomic mass is 16.5. The first-order valence-electron chi connectivity index (χ1n) is 6.80. The molecular formula is C17H16N2O. The molecule has 20 heavy (non-hydrogen) atoms. The van der Waals surface area contributed by atoms with Crippen molar-refractivity contribution in [3.63, 3.8) is 0 Å². The van der Waals surface area contributed by atoms with Gasteiger partial charge in [0.25, 0.3) is 0 Å². The molecule has 0 aromatic heterocycles. The minimum atomic E-state index is 0.372. The van der Waals surface area contributed by atoms with E-state index in [0.29, 0.717) is 24.6 Å². The van der Waals surface area contributed by atoms with Crippen molar-refractivity contribution in [3.8, 4) is 22.9 Å². The zero-order chi connectivity index (χ0) is 13.9. The first-order valence-corrected chi connectivity index (χ1v) is 6.80. The van der Waals surface area contributed by atoms with Crippen LogP contribution >= 0.6 is 0 Å². The summed E-state index contributed by atoms with van der Waals surface area (Å²) >= 11 is 0. The van der Waals surface area contributed by atoms with Crippen LogP contribution in [0, 0.1) is 11.3 Å². The zero-order valence-electron chi connectivity index (χ0n) is 11.2. The van der Waals surface area contributed by atoms with E-state index in [-0.39, 0.29) is 0 Å². The maximum absolute atomic E-state index is 8.87. The molecule has 0 fully saturated rings.